The summed E-state index contributed by atoms with van der Waals surface area (Å²) in [6, 6.07) is 11.3. The second-order valence-electron chi connectivity index (χ2n) is 3.25. The molecule has 16 heavy (non-hydrogen) atoms. The third-order valence-electron chi connectivity index (χ3n) is 2.00. The molecule has 0 aromatic heterocycles. The Hall–Kier alpha value is -1.30. The molecule has 0 heterocycles. The maximum atomic E-state index is 12.7. The fourth-order valence-electron chi connectivity index (χ4n) is 1.23. The van der Waals surface area contributed by atoms with Gasteiger partial charge >= 0.3 is 0 Å². The van der Waals surface area contributed by atoms with Gasteiger partial charge in [-0.3, -0.25) is 0 Å². The number of hydrogen-bond donors (Lipinski definition) is 1. The average molecular weight is 329 g/mol. The van der Waals surface area contributed by atoms with E-state index in [1.165, 1.54) is 12.1 Å². The van der Waals surface area contributed by atoms with Gasteiger partial charge in [0.15, 0.2) is 0 Å². The number of nitrogens with two attached hydrogens (primary N) is 1. The molecule has 0 amide bonds. The van der Waals surface area contributed by atoms with E-state index in [-0.39, 0.29) is 5.82 Å². The minimum Gasteiger partial charge on any atom is -0.456 e. The Morgan fingerprint density at radius 3 is 2.38 bits per heavy atom. The van der Waals surface area contributed by atoms with Crippen LogP contribution in [0.2, 0.25) is 0 Å². The highest BCUT2D eigenvalue weighted by molar-refractivity contribution is 14.1. The van der Waals surface area contributed by atoms with Gasteiger partial charge in [0.25, 0.3) is 0 Å². The SMILES string of the molecule is Nc1ccc(Oc2ccc(F)cc2)c(I)c1. The van der Waals surface area contributed by atoms with E-state index in [0.29, 0.717) is 17.2 Å². The van der Waals surface area contributed by atoms with Crippen LogP contribution in [0.25, 0.3) is 0 Å². The predicted octanol–water partition coefficient (Wildman–Crippen LogP) is 3.80. The molecular formula is C12H9FINO. The second kappa shape index (κ2) is 4.69. The zero-order chi connectivity index (χ0) is 11.5. The van der Waals surface area contributed by atoms with Crippen molar-refractivity contribution in [2.24, 2.45) is 0 Å². The highest BCUT2D eigenvalue weighted by Gasteiger charge is 2.03. The molecule has 0 bridgehead atoms. The van der Waals surface area contributed by atoms with E-state index in [1.807, 2.05) is 6.07 Å². The molecule has 0 atom stereocenters. The number of rotatable bonds is 2. The number of nitrogen functional groups attached to an aromatic ring is 1. The first-order chi connectivity index (χ1) is 7.65. The molecule has 2 N–H and O–H groups in total. The van der Waals surface area contributed by atoms with E-state index in [4.69, 9.17) is 10.5 Å². The first-order valence-corrected chi connectivity index (χ1v) is 5.71. The van der Waals surface area contributed by atoms with Crippen LogP contribution in [0.15, 0.2) is 42.5 Å². The largest absolute Gasteiger partial charge is 0.456 e. The molecule has 0 saturated carbocycles. The summed E-state index contributed by atoms with van der Waals surface area (Å²) in [4.78, 5) is 0. The first kappa shape index (κ1) is 11.2. The predicted molar refractivity (Wildman–Crippen MR) is 70.0 cm³/mol. The molecule has 2 aromatic rings. The van der Waals surface area contributed by atoms with Crippen LogP contribution in [0, 0.1) is 9.39 Å². The zero-order valence-corrected chi connectivity index (χ0v) is 10.4. The van der Waals surface area contributed by atoms with Gasteiger partial charge in [-0.15, -0.1) is 0 Å². The standard InChI is InChI=1S/C12H9FINO/c13-8-1-4-10(5-2-8)16-12-6-3-9(15)7-11(12)14/h1-7H,15H2. The van der Waals surface area contributed by atoms with Crippen LogP contribution < -0.4 is 10.5 Å². The lowest BCUT2D eigenvalue weighted by molar-refractivity contribution is 0.477. The molecule has 0 unspecified atom stereocenters. The topological polar surface area (TPSA) is 35.2 Å². The summed E-state index contributed by atoms with van der Waals surface area (Å²) in [5, 5.41) is 0. The summed E-state index contributed by atoms with van der Waals surface area (Å²) >= 11 is 2.14. The van der Waals surface area contributed by atoms with Gasteiger partial charge in [-0.05, 0) is 65.1 Å². The lowest BCUT2D eigenvalue weighted by Crippen LogP contribution is -1.90. The minimum absolute atomic E-state index is 0.278. The Kier molecular flexibility index (Phi) is 3.28. The Bertz CT molecular complexity index is 499. The normalized spacial score (nSPS) is 10.1. The van der Waals surface area contributed by atoms with Crippen molar-refractivity contribution in [1.82, 2.24) is 0 Å². The van der Waals surface area contributed by atoms with Crippen molar-refractivity contribution in [2.45, 2.75) is 0 Å². The van der Waals surface area contributed by atoms with E-state index >= 15 is 0 Å². The van der Waals surface area contributed by atoms with Gasteiger partial charge in [-0.1, -0.05) is 0 Å². The molecule has 0 radical (unpaired) electrons. The summed E-state index contributed by atoms with van der Waals surface area (Å²) in [5.41, 5.74) is 6.32. The Morgan fingerprint density at radius 1 is 1.06 bits per heavy atom. The van der Waals surface area contributed by atoms with Crippen LogP contribution in [0.1, 0.15) is 0 Å². The molecule has 0 spiro atoms. The van der Waals surface area contributed by atoms with Crippen LogP contribution in [0.4, 0.5) is 10.1 Å². The molecule has 4 heteroatoms. The molecular weight excluding hydrogens is 320 g/mol. The Balaban J connectivity index is 2.23. The second-order valence-corrected chi connectivity index (χ2v) is 4.41. The highest BCUT2D eigenvalue weighted by atomic mass is 127. The first-order valence-electron chi connectivity index (χ1n) is 4.63. The van der Waals surface area contributed by atoms with Crippen molar-refractivity contribution >= 4 is 28.3 Å². The molecule has 2 nitrogen and oxygen atoms in total. The number of benzene rings is 2. The van der Waals surface area contributed by atoms with E-state index < -0.39 is 0 Å². The van der Waals surface area contributed by atoms with Crippen LogP contribution in [-0.4, -0.2) is 0 Å². The fraction of sp³-hybridized carbons (Fsp3) is 0. The summed E-state index contributed by atoms with van der Waals surface area (Å²) in [7, 11) is 0. The Labute approximate surface area is 106 Å². The minimum atomic E-state index is -0.278. The summed E-state index contributed by atoms with van der Waals surface area (Å²) in [6.45, 7) is 0. The molecule has 0 aliphatic heterocycles. The molecule has 0 aliphatic rings. The van der Waals surface area contributed by atoms with Crippen molar-refractivity contribution in [3.8, 4) is 11.5 Å². The monoisotopic (exact) mass is 329 g/mol. The number of ether oxygens (including phenoxy) is 1. The van der Waals surface area contributed by atoms with E-state index in [0.717, 1.165) is 3.57 Å². The number of halogens is 2. The van der Waals surface area contributed by atoms with Gasteiger partial charge in [0, 0.05) is 5.69 Å². The number of anilines is 1. The fourth-order valence-corrected chi connectivity index (χ4v) is 1.88. The van der Waals surface area contributed by atoms with Crippen molar-refractivity contribution in [2.75, 3.05) is 5.73 Å². The van der Waals surface area contributed by atoms with Gasteiger partial charge < -0.3 is 10.5 Å². The molecule has 82 valence electrons. The van der Waals surface area contributed by atoms with E-state index in [9.17, 15) is 4.39 Å². The molecule has 2 rings (SSSR count). The van der Waals surface area contributed by atoms with Crippen molar-refractivity contribution in [1.29, 1.82) is 0 Å². The quantitative estimate of drug-likeness (QED) is 0.672. The lowest BCUT2D eigenvalue weighted by atomic mass is 10.3. The molecule has 0 saturated heterocycles. The lowest BCUT2D eigenvalue weighted by Gasteiger charge is -2.07. The Morgan fingerprint density at radius 2 is 1.75 bits per heavy atom. The molecule has 0 fully saturated rings. The third kappa shape index (κ3) is 2.63. The van der Waals surface area contributed by atoms with E-state index in [2.05, 4.69) is 22.6 Å². The molecule has 0 aliphatic carbocycles. The van der Waals surface area contributed by atoms with Crippen molar-refractivity contribution in [3.63, 3.8) is 0 Å². The van der Waals surface area contributed by atoms with Gasteiger partial charge in [0.05, 0.1) is 3.57 Å². The van der Waals surface area contributed by atoms with Gasteiger partial charge in [0.2, 0.25) is 0 Å². The average Bonchev–Trinajstić information content (AvgIpc) is 2.25. The third-order valence-corrected chi connectivity index (χ3v) is 2.84. The summed E-state index contributed by atoms with van der Waals surface area (Å²) in [5.74, 6) is 1.03. The summed E-state index contributed by atoms with van der Waals surface area (Å²) in [6.07, 6.45) is 0. The van der Waals surface area contributed by atoms with Crippen LogP contribution in [0.5, 0.6) is 11.5 Å². The van der Waals surface area contributed by atoms with Crippen LogP contribution >= 0.6 is 22.6 Å². The highest BCUT2D eigenvalue weighted by Crippen LogP contribution is 2.28. The smallest absolute Gasteiger partial charge is 0.140 e. The maximum Gasteiger partial charge on any atom is 0.140 e. The van der Waals surface area contributed by atoms with Gasteiger partial charge in [-0.2, -0.15) is 0 Å². The van der Waals surface area contributed by atoms with Gasteiger partial charge in [0.1, 0.15) is 17.3 Å². The van der Waals surface area contributed by atoms with E-state index in [1.54, 1.807) is 24.3 Å². The zero-order valence-electron chi connectivity index (χ0n) is 8.28. The summed E-state index contributed by atoms with van der Waals surface area (Å²) < 4.78 is 19.2. The van der Waals surface area contributed by atoms with Gasteiger partial charge in [-0.25, -0.2) is 4.39 Å². The van der Waals surface area contributed by atoms with Crippen LogP contribution in [0.3, 0.4) is 0 Å². The number of hydrogen-bond acceptors (Lipinski definition) is 2. The maximum absolute atomic E-state index is 12.7. The molecule has 2 aromatic carbocycles. The van der Waals surface area contributed by atoms with Crippen LogP contribution in [-0.2, 0) is 0 Å². The van der Waals surface area contributed by atoms with Crippen molar-refractivity contribution < 1.29 is 9.13 Å². The van der Waals surface area contributed by atoms with Crippen molar-refractivity contribution in [3.05, 3.63) is 51.9 Å².